The molecule has 5 atom stereocenters. The molecule has 176 valence electrons. The van der Waals surface area contributed by atoms with Crippen LogP contribution in [0.3, 0.4) is 0 Å². The molecule has 10 heteroatoms. The van der Waals surface area contributed by atoms with E-state index in [0.29, 0.717) is 5.56 Å². The Hall–Kier alpha value is -3.21. The van der Waals surface area contributed by atoms with Crippen molar-refractivity contribution in [1.29, 1.82) is 0 Å². The molecule has 33 heavy (non-hydrogen) atoms. The van der Waals surface area contributed by atoms with E-state index in [1.807, 2.05) is 0 Å². The Bertz CT molecular complexity index is 1140. The van der Waals surface area contributed by atoms with E-state index in [1.165, 1.54) is 25.1 Å². The molecule has 0 radical (unpaired) electrons. The summed E-state index contributed by atoms with van der Waals surface area (Å²) in [6, 6.07) is 3.42. The fourth-order valence-electron chi connectivity index (χ4n) is 5.58. The fraction of sp³-hybridized carbons (Fsp3) is 0.435. The second kappa shape index (κ2) is 7.68. The maximum absolute atomic E-state index is 13.8. The number of likely N-dealkylation sites (N-methyl/N-ethyl adjacent to an activating group) is 1. The van der Waals surface area contributed by atoms with Gasteiger partial charge < -0.3 is 30.9 Å². The molecule has 0 spiro atoms. The molecule has 0 heterocycles. The summed E-state index contributed by atoms with van der Waals surface area (Å²) in [5, 5.41) is 44.0. The molecule has 1 aromatic rings. The van der Waals surface area contributed by atoms with Crippen LogP contribution in [0, 0.1) is 11.8 Å². The molecule has 0 aliphatic heterocycles. The van der Waals surface area contributed by atoms with Gasteiger partial charge in [0, 0.05) is 18.1 Å². The highest BCUT2D eigenvalue weighted by atomic mass is 16.5. The third-order valence-corrected chi connectivity index (χ3v) is 6.87. The Kier molecular flexibility index (Phi) is 5.35. The average molecular weight is 458 g/mol. The molecule has 1 saturated carbocycles. The van der Waals surface area contributed by atoms with Crippen LogP contribution in [0.25, 0.3) is 5.76 Å². The number of fused-ring (bicyclic) bond motifs is 3. The maximum Gasteiger partial charge on any atom is 0.255 e. The molecule has 4 rings (SSSR count). The van der Waals surface area contributed by atoms with Gasteiger partial charge >= 0.3 is 0 Å². The van der Waals surface area contributed by atoms with E-state index in [9.17, 15) is 34.8 Å². The van der Waals surface area contributed by atoms with E-state index < -0.39 is 64.1 Å². The molecule has 0 bridgehead atoms. The first-order chi connectivity index (χ1) is 15.5. The largest absolute Gasteiger partial charge is 0.508 e. The molecule has 0 unspecified atom stereocenters. The monoisotopic (exact) mass is 458 g/mol. The van der Waals surface area contributed by atoms with Gasteiger partial charge in [-0.3, -0.25) is 19.3 Å². The van der Waals surface area contributed by atoms with Crippen LogP contribution in [0.5, 0.6) is 5.75 Å². The molecular formula is C23H26N2O8. The predicted molar refractivity (Wildman–Crippen MR) is 115 cm³/mol. The van der Waals surface area contributed by atoms with E-state index in [2.05, 4.69) is 0 Å². The third-order valence-electron chi connectivity index (χ3n) is 6.87. The number of ketones is 2. The van der Waals surface area contributed by atoms with E-state index >= 15 is 0 Å². The van der Waals surface area contributed by atoms with Crippen molar-refractivity contribution in [2.24, 2.45) is 17.6 Å². The number of primary amides is 1. The quantitative estimate of drug-likeness (QED) is 0.389. The summed E-state index contributed by atoms with van der Waals surface area (Å²) in [6.07, 6.45) is -0.827. The number of carbonyl (C=O) groups is 3. The summed E-state index contributed by atoms with van der Waals surface area (Å²) >= 11 is 0. The summed E-state index contributed by atoms with van der Waals surface area (Å²) in [6.45, 7) is 1.84. The second-order valence-corrected chi connectivity index (χ2v) is 8.79. The van der Waals surface area contributed by atoms with Gasteiger partial charge in [-0.25, -0.2) is 0 Å². The fourth-order valence-corrected chi connectivity index (χ4v) is 5.58. The molecule has 3 aliphatic rings. The van der Waals surface area contributed by atoms with Gasteiger partial charge in [0.25, 0.3) is 5.91 Å². The van der Waals surface area contributed by atoms with Gasteiger partial charge in [-0.05, 0) is 39.1 Å². The average Bonchev–Trinajstić information content (AvgIpc) is 2.72. The van der Waals surface area contributed by atoms with Crippen LogP contribution < -0.4 is 5.73 Å². The molecular weight excluding hydrogens is 432 g/mol. The van der Waals surface area contributed by atoms with Crippen LogP contribution in [0.4, 0.5) is 0 Å². The number of phenolic OH excluding ortho intramolecular Hbond substituents is 1. The summed E-state index contributed by atoms with van der Waals surface area (Å²) in [4.78, 5) is 40.5. The summed E-state index contributed by atoms with van der Waals surface area (Å²) < 4.78 is 5.95. The van der Waals surface area contributed by atoms with E-state index in [1.54, 1.807) is 19.1 Å². The van der Waals surface area contributed by atoms with Crippen LogP contribution >= 0.6 is 0 Å². The van der Waals surface area contributed by atoms with Crippen LogP contribution in [-0.4, -0.2) is 81.2 Å². The lowest BCUT2D eigenvalue weighted by atomic mass is 9.56. The minimum Gasteiger partial charge on any atom is -0.508 e. The molecule has 3 aliphatic carbocycles. The van der Waals surface area contributed by atoms with Gasteiger partial charge in [-0.2, -0.15) is 0 Å². The summed E-state index contributed by atoms with van der Waals surface area (Å²) in [7, 11) is 3.07. The van der Waals surface area contributed by atoms with Crippen LogP contribution in [-0.2, 0) is 25.5 Å². The molecule has 10 nitrogen and oxygen atoms in total. The van der Waals surface area contributed by atoms with Gasteiger partial charge in [0.2, 0.25) is 5.78 Å². The smallest absolute Gasteiger partial charge is 0.255 e. The number of Topliss-reactive ketones (excluding diaryl/α,β-unsaturated/α-hetero) is 2. The molecule has 1 amide bonds. The lowest BCUT2D eigenvalue weighted by Gasteiger charge is -2.53. The minimum atomic E-state index is -2.76. The van der Waals surface area contributed by atoms with E-state index in [-0.39, 0.29) is 29.9 Å². The van der Waals surface area contributed by atoms with E-state index in [4.69, 9.17) is 10.5 Å². The number of nitrogens with zero attached hydrogens (tertiary/aromatic N) is 1. The van der Waals surface area contributed by atoms with Gasteiger partial charge in [0.15, 0.2) is 11.4 Å². The van der Waals surface area contributed by atoms with Crippen molar-refractivity contribution in [3.05, 3.63) is 46.2 Å². The third kappa shape index (κ3) is 2.94. The van der Waals surface area contributed by atoms with Gasteiger partial charge in [0.1, 0.15) is 22.8 Å². The molecule has 0 aromatic heterocycles. The van der Waals surface area contributed by atoms with Crippen molar-refractivity contribution in [3.63, 3.8) is 0 Å². The Balaban J connectivity index is 2.06. The van der Waals surface area contributed by atoms with Crippen molar-refractivity contribution in [2.75, 3.05) is 20.7 Å². The van der Waals surface area contributed by atoms with E-state index in [0.717, 1.165) is 0 Å². The second-order valence-electron chi connectivity index (χ2n) is 8.79. The molecule has 6 N–H and O–H groups in total. The summed E-state index contributed by atoms with van der Waals surface area (Å²) in [5.74, 6) is -7.23. The number of hydrogen-bond acceptors (Lipinski definition) is 9. The number of carbonyl (C=O) groups excluding carboxylic acids is 3. The standard InChI is InChI=1S/C23H26N2O8/c1-4-33-19-10-8-9-6-5-7-11(26)12(9)17(27)13(10)20(29)23(32)15(19)16(25(2)3)18(28)14(21(23)30)22(24)31/h5-7,10,15-16,19,26-27,30,32H,4,8H2,1-3H3,(H2,24,31)/t10-,15-,16+,19-,23+/m1/s1. The highest BCUT2D eigenvalue weighted by molar-refractivity contribution is 6.24. The Morgan fingerprint density at radius 2 is 1.91 bits per heavy atom. The van der Waals surface area contributed by atoms with Crippen molar-refractivity contribution in [3.8, 4) is 5.75 Å². The van der Waals surface area contributed by atoms with Crippen molar-refractivity contribution in [2.45, 2.75) is 31.1 Å². The predicted octanol–water partition coefficient (Wildman–Crippen LogP) is -0.0210. The zero-order valence-electron chi connectivity index (χ0n) is 18.4. The van der Waals surface area contributed by atoms with Crippen molar-refractivity contribution < 1.29 is 39.5 Å². The first-order valence-corrected chi connectivity index (χ1v) is 10.6. The SMILES string of the molecule is CCO[C@H]1[C@H]2[C@H](N(C)C)C(=O)C(C(N)=O)=C(O)[C@@]2(O)C(=O)C2=C(O)c3c(O)cccc3C[C@H]21. The number of nitrogens with two attached hydrogens (primary N) is 1. The zero-order chi connectivity index (χ0) is 24.4. The number of phenols is 1. The first kappa shape index (κ1) is 23.0. The molecule has 0 saturated heterocycles. The van der Waals surface area contributed by atoms with Crippen LogP contribution in [0.2, 0.25) is 0 Å². The zero-order valence-corrected chi connectivity index (χ0v) is 18.4. The lowest BCUT2D eigenvalue weighted by molar-refractivity contribution is -0.174. The number of hydrogen-bond donors (Lipinski definition) is 5. The number of amides is 1. The summed E-state index contributed by atoms with van der Waals surface area (Å²) in [5.41, 5.74) is 2.06. The maximum atomic E-state index is 13.8. The van der Waals surface area contributed by atoms with Gasteiger partial charge in [-0.15, -0.1) is 0 Å². The van der Waals surface area contributed by atoms with Crippen LogP contribution in [0.1, 0.15) is 18.1 Å². The molecule has 1 aromatic carbocycles. The van der Waals surface area contributed by atoms with Crippen molar-refractivity contribution in [1.82, 2.24) is 4.90 Å². The van der Waals surface area contributed by atoms with Crippen molar-refractivity contribution >= 4 is 23.2 Å². The molecule has 1 fully saturated rings. The van der Waals surface area contributed by atoms with Crippen LogP contribution in [0.15, 0.2) is 35.1 Å². The minimum absolute atomic E-state index is 0.0454. The number of ether oxygens (including phenoxy) is 1. The Morgan fingerprint density at radius 3 is 2.48 bits per heavy atom. The number of rotatable bonds is 4. The highest BCUT2D eigenvalue weighted by Gasteiger charge is 2.68. The van der Waals surface area contributed by atoms with Gasteiger partial charge in [-0.1, -0.05) is 12.1 Å². The van der Waals surface area contributed by atoms with Gasteiger partial charge in [0.05, 0.1) is 23.6 Å². The number of aliphatic hydroxyl groups excluding tert-OH is 2. The highest BCUT2D eigenvalue weighted by Crippen LogP contribution is 2.53. The topological polar surface area (TPSA) is 171 Å². The number of benzene rings is 1. The first-order valence-electron chi connectivity index (χ1n) is 10.6. The lowest BCUT2D eigenvalue weighted by Crippen LogP contribution is -2.70. The Labute approximate surface area is 189 Å². The Morgan fingerprint density at radius 1 is 1.24 bits per heavy atom. The number of aliphatic hydroxyl groups is 3. The number of aromatic hydroxyl groups is 1. The normalized spacial score (nSPS) is 31.4.